The maximum Gasteiger partial charge on any atom is 0.312 e. The zero-order valence-corrected chi connectivity index (χ0v) is 9.86. The minimum absolute atomic E-state index is 0.263. The van der Waals surface area contributed by atoms with Gasteiger partial charge in [0.25, 0.3) is 0 Å². The number of nitrogens with zero attached hydrogens (tertiary/aromatic N) is 1. The number of nitrogens with two attached hydrogens (primary N) is 1. The van der Waals surface area contributed by atoms with Gasteiger partial charge < -0.3 is 16.4 Å². The molecule has 0 aliphatic carbocycles. The van der Waals surface area contributed by atoms with Crippen molar-refractivity contribution in [1.29, 1.82) is 0 Å². The zero-order chi connectivity index (χ0) is 12.8. The number of primary amides is 1. The third kappa shape index (κ3) is 4.54. The highest BCUT2D eigenvalue weighted by Gasteiger charge is 2.21. The van der Waals surface area contributed by atoms with E-state index in [1.54, 1.807) is 6.07 Å². The van der Waals surface area contributed by atoms with Crippen LogP contribution in [0.2, 0.25) is 0 Å². The molecule has 0 saturated carbocycles. The quantitative estimate of drug-likeness (QED) is 0.597. The Labute approximate surface area is 99.1 Å². The first-order chi connectivity index (χ1) is 7.99. The van der Waals surface area contributed by atoms with Gasteiger partial charge in [-0.3, -0.25) is 9.89 Å². The van der Waals surface area contributed by atoms with Crippen molar-refractivity contribution in [1.82, 2.24) is 15.5 Å². The number of carbonyl (C=O) groups excluding carboxylic acids is 2. The monoisotopic (exact) mass is 239 g/mol. The average molecular weight is 239 g/mol. The highest BCUT2D eigenvalue weighted by molar-refractivity contribution is 5.96. The molecule has 0 aliphatic rings. The smallest absolute Gasteiger partial charge is 0.312 e. The second kappa shape index (κ2) is 5.88. The molecule has 7 nitrogen and oxygen atoms in total. The van der Waals surface area contributed by atoms with Crippen molar-refractivity contribution in [2.45, 2.75) is 26.3 Å². The number of anilines is 1. The number of hydrogen-bond acceptors (Lipinski definition) is 3. The topological polar surface area (TPSA) is 113 Å². The van der Waals surface area contributed by atoms with Crippen molar-refractivity contribution in [3.05, 3.63) is 12.3 Å². The maximum absolute atomic E-state index is 11.9. The minimum atomic E-state index is -0.713. The van der Waals surface area contributed by atoms with Gasteiger partial charge in [0.2, 0.25) is 5.91 Å². The summed E-state index contributed by atoms with van der Waals surface area (Å²) in [5.41, 5.74) is 5.03. The highest BCUT2D eigenvalue weighted by Crippen LogP contribution is 2.07. The van der Waals surface area contributed by atoms with Gasteiger partial charge >= 0.3 is 6.03 Å². The van der Waals surface area contributed by atoms with Crippen molar-refractivity contribution in [2.75, 3.05) is 5.32 Å². The van der Waals surface area contributed by atoms with Crippen LogP contribution in [0.1, 0.15) is 20.3 Å². The summed E-state index contributed by atoms with van der Waals surface area (Å²) in [6.45, 7) is 3.91. The van der Waals surface area contributed by atoms with E-state index in [-0.39, 0.29) is 11.8 Å². The third-order valence-electron chi connectivity index (χ3n) is 2.10. The molecule has 7 heteroatoms. The molecule has 1 aromatic heterocycles. The van der Waals surface area contributed by atoms with Crippen LogP contribution < -0.4 is 16.4 Å². The van der Waals surface area contributed by atoms with Crippen LogP contribution in [0.4, 0.5) is 10.6 Å². The van der Waals surface area contributed by atoms with Crippen LogP contribution in [0.3, 0.4) is 0 Å². The van der Waals surface area contributed by atoms with E-state index in [1.165, 1.54) is 6.20 Å². The average Bonchev–Trinajstić information content (AvgIpc) is 2.67. The molecule has 1 heterocycles. The number of H-pyrrole nitrogens is 1. The number of carbonyl (C=O) groups is 2. The van der Waals surface area contributed by atoms with E-state index in [9.17, 15) is 9.59 Å². The lowest BCUT2D eigenvalue weighted by Crippen LogP contribution is -2.46. The van der Waals surface area contributed by atoms with Crippen LogP contribution in [-0.4, -0.2) is 28.2 Å². The Morgan fingerprint density at radius 2 is 2.24 bits per heavy atom. The molecule has 5 N–H and O–H groups in total. The molecule has 0 bridgehead atoms. The second-order valence-corrected chi connectivity index (χ2v) is 4.15. The lowest BCUT2D eigenvalue weighted by atomic mass is 10.0. The summed E-state index contributed by atoms with van der Waals surface area (Å²) < 4.78 is 0. The van der Waals surface area contributed by atoms with Crippen molar-refractivity contribution in [3.63, 3.8) is 0 Å². The van der Waals surface area contributed by atoms with Crippen LogP contribution in [-0.2, 0) is 4.79 Å². The van der Waals surface area contributed by atoms with E-state index in [1.807, 2.05) is 13.8 Å². The van der Waals surface area contributed by atoms with E-state index in [0.717, 1.165) is 0 Å². The van der Waals surface area contributed by atoms with Crippen LogP contribution >= 0.6 is 0 Å². The van der Waals surface area contributed by atoms with Crippen molar-refractivity contribution in [2.24, 2.45) is 11.7 Å². The van der Waals surface area contributed by atoms with Gasteiger partial charge in [0.15, 0.2) is 0 Å². The first-order valence-electron chi connectivity index (χ1n) is 5.35. The van der Waals surface area contributed by atoms with E-state index < -0.39 is 12.1 Å². The molecule has 0 saturated heterocycles. The lowest BCUT2D eigenvalue weighted by Gasteiger charge is -2.18. The van der Waals surface area contributed by atoms with Gasteiger partial charge in [-0.05, 0) is 12.3 Å². The second-order valence-electron chi connectivity index (χ2n) is 4.15. The molecule has 1 unspecified atom stereocenters. The summed E-state index contributed by atoms with van der Waals surface area (Å²) in [6.07, 6.45) is 2.04. The number of aromatic nitrogens is 2. The minimum Gasteiger partial charge on any atom is -0.352 e. The SMILES string of the molecule is CC(C)CC(NC(N)=O)C(=O)Nc1ccn[nH]1. The molecule has 1 aromatic rings. The zero-order valence-electron chi connectivity index (χ0n) is 9.86. The number of rotatable bonds is 5. The molecule has 17 heavy (non-hydrogen) atoms. The Morgan fingerprint density at radius 1 is 1.53 bits per heavy atom. The van der Waals surface area contributed by atoms with Crippen molar-refractivity contribution in [3.8, 4) is 0 Å². The molecule has 0 aliphatic heterocycles. The summed E-state index contributed by atoms with van der Waals surface area (Å²) in [6, 6.07) is 0.264. The van der Waals surface area contributed by atoms with Gasteiger partial charge in [0, 0.05) is 6.07 Å². The first-order valence-corrected chi connectivity index (χ1v) is 5.35. The predicted octanol–water partition coefficient (Wildman–Crippen LogP) is 0.431. The van der Waals surface area contributed by atoms with E-state index in [0.29, 0.717) is 12.2 Å². The molecule has 0 fully saturated rings. The first kappa shape index (κ1) is 13.0. The predicted molar refractivity (Wildman–Crippen MR) is 63.2 cm³/mol. The Bertz CT molecular complexity index is 374. The van der Waals surface area contributed by atoms with Gasteiger partial charge in [-0.15, -0.1) is 0 Å². The fraction of sp³-hybridized carbons (Fsp3) is 0.500. The third-order valence-corrected chi connectivity index (χ3v) is 2.10. The Kier molecular flexibility index (Phi) is 4.50. The van der Waals surface area contributed by atoms with Gasteiger partial charge in [0.1, 0.15) is 11.9 Å². The molecule has 1 rings (SSSR count). The number of amides is 3. The summed E-state index contributed by atoms with van der Waals surface area (Å²) in [5.74, 6) is 0.427. The number of urea groups is 1. The summed E-state index contributed by atoms with van der Waals surface area (Å²) in [5, 5.41) is 11.3. The largest absolute Gasteiger partial charge is 0.352 e. The summed E-state index contributed by atoms with van der Waals surface area (Å²) >= 11 is 0. The Balaban J connectivity index is 2.61. The standard InChI is InChI=1S/C10H17N5O2/c1-6(2)5-7(13-10(11)17)9(16)14-8-3-4-12-15-8/h3-4,6-7H,5H2,1-2H3,(H3,11,13,17)(H2,12,14,15,16). The molecule has 0 aromatic carbocycles. The van der Waals surface area contributed by atoms with E-state index >= 15 is 0 Å². The van der Waals surface area contributed by atoms with Gasteiger partial charge in [0.05, 0.1) is 6.20 Å². The maximum atomic E-state index is 11.9. The Morgan fingerprint density at radius 3 is 2.71 bits per heavy atom. The van der Waals surface area contributed by atoms with Crippen LogP contribution in [0.5, 0.6) is 0 Å². The van der Waals surface area contributed by atoms with E-state index in [4.69, 9.17) is 5.73 Å². The molecular weight excluding hydrogens is 222 g/mol. The molecule has 0 radical (unpaired) electrons. The molecule has 3 amide bonds. The number of nitrogens with one attached hydrogen (secondary N) is 3. The number of hydrogen-bond donors (Lipinski definition) is 4. The van der Waals surface area contributed by atoms with Crippen molar-refractivity contribution < 1.29 is 9.59 Å². The Hall–Kier alpha value is -2.05. The normalized spacial score (nSPS) is 12.2. The molecule has 94 valence electrons. The van der Waals surface area contributed by atoms with Crippen LogP contribution in [0, 0.1) is 5.92 Å². The molecule has 1 atom stereocenters. The summed E-state index contributed by atoms with van der Waals surface area (Å²) in [7, 11) is 0. The van der Waals surface area contributed by atoms with Gasteiger partial charge in [-0.1, -0.05) is 13.8 Å². The van der Waals surface area contributed by atoms with Gasteiger partial charge in [-0.25, -0.2) is 4.79 Å². The van der Waals surface area contributed by atoms with Crippen LogP contribution in [0.25, 0.3) is 0 Å². The van der Waals surface area contributed by atoms with E-state index in [2.05, 4.69) is 20.8 Å². The van der Waals surface area contributed by atoms with Gasteiger partial charge in [-0.2, -0.15) is 5.10 Å². The van der Waals surface area contributed by atoms with Crippen molar-refractivity contribution >= 4 is 17.8 Å². The van der Waals surface area contributed by atoms with Crippen LogP contribution in [0.15, 0.2) is 12.3 Å². The summed E-state index contributed by atoms with van der Waals surface area (Å²) in [4.78, 5) is 22.7. The highest BCUT2D eigenvalue weighted by atomic mass is 16.2. The molecular formula is C10H17N5O2. The molecule has 0 spiro atoms. The number of aromatic amines is 1. The fourth-order valence-electron chi connectivity index (χ4n) is 1.42. The lowest BCUT2D eigenvalue weighted by molar-refractivity contribution is -0.118. The fourth-order valence-corrected chi connectivity index (χ4v) is 1.42.